The van der Waals surface area contributed by atoms with Crippen molar-refractivity contribution in [2.75, 3.05) is 0 Å². The van der Waals surface area contributed by atoms with Crippen LogP contribution >= 0.6 is 0 Å². The lowest BCUT2D eigenvalue weighted by Gasteiger charge is -2.08. The van der Waals surface area contributed by atoms with E-state index in [4.69, 9.17) is 0 Å². The molecular weight excluding hydrogens is 232 g/mol. The maximum absolute atomic E-state index is 11.0. The average Bonchev–Trinajstić information content (AvgIpc) is 2.40. The highest BCUT2D eigenvalue weighted by Gasteiger charge is 2.11. The Hall–Kier alpha value is -2.62. The number of carbonyl (C=O) groups is 2. The molecule has 0 aromatic heterocycles. The summed E-state index contributed by atoms with van der Waals surface area (Å²) in [5.74, 6) is -0.102. The lowest BCUT2D eigenvalue weighted by molar-refractivity contribution is 0.111. The van der Waals surface area contributed by atoms with Crippen LogP contribution in [-0.2, 0) is 0 Å². The molecule has 2 aromatic rings. The molecule has 0 aliphatic heterocycles. The topological polar surface area (TPSA) is 74.6 Å². The number of hydrogen-bond donors (Lipinski definition) is 2. The van der Waals surface area contributed by atoms with Crippen LogP contribution in [0, 0.1) is 0 Å². The monoisotopic (exact) mass is 242 g/mol. The van der Waals surface area contributed by atoms with Crippen molar-refractivity contribution < 1.29 is 19.8 Å². The van der Waals surface area contributed by atoms with Crippen molar-refractivity contribution in [3.8, 4) is 22.6 Å². The lowest BCUT2D eigenvalue weighted by atomic mass is 9.97. The summed E-state index contributed by atoms with van der Waals surface area (Å²) in [4.78, 5) is 21.7. The fourth-order valence-corrected chi connectivity index (χ4v) is 1.72. The van der Waals surface area contributed by atoms with E-state index >= 15 is 0 Å². The van der Waals surface area contributed by atoms with Gasteiger partial charge in [0.15, 0.2) is 6.29 Å². The molecule has 18 heavy (non-hydrogen) atoms. The molecule has 4 heteroatoms. The van der Waals surface area contributed by atoms with Crippen molar-refractivity contribution in [1.29, 1.82) is 0 Å². The second kappa shape index (κ2) is 4.71. The fourth-order valence-electron chi connectivity index (χ4n) is 1.72. The zero-order valence-electron chi connectivity index (χ0n) is 9.33. The molecule has 0 fully saturated rings. The second-order valence-electron chi connectivity index (χ2n) is 3.78. The van der Waals surface area contributed by atoms with Crippen LogP contribution in [0.4, 0.5) is 0 Å². The minimum Gasteiger partial charge on any atom is -0.508 e. The lowest BCUT2D eigenvalue weighted by Crippen LogP contribution is -1.91. The average molecular weight is 242 g/mol. The van der Waals surface area contributed by atoms with Gasteiger partial charge >= 0.3 is 0 Å². The molecule has 0 heterocycles. The molecule has 2 aromatic carbocycles. The number of benzene rings is 2. The van der Waals surface area contributed by atoms with Gasteiger partial charge in [0.25, 0.3) is 0 Å². The van der Waals surface area contributed by atoms with Crippen molar-refractivity contribution in [2.45, 2.75) is 0 Å². The highest BCUT2D eigenvalue weighted by Crippen LogP contribution is 2.34. The maximum Gasteiger partial charge on any atom is 0.150 e. The molecule has 0 atom stereocenters. The third-order valence-corrected chi connectivity index (χ3v) is 2.61. The molecule has 4 nitrogen and oxygen atoms in total. The Morgan fingerprint density at radius 3 is 2.28 bits per heavy atom. The first kappa shape index (κ1) is 11.9. The second-order valence-corrected chi connectivity index (χ2v) is 3.78. The van der Waals surface area contributed by atoms with Crippen LogP contribution in [0.3, 0.4) is 0 Å². The van der Waals surface area contributed by atoms with E-state index in [1.54, 1.807) is 0 Å². The summed E-state index contributed by atoms with van der Waals surface area (Å²) in [6.07, 6.45) is 1.28. The molecule has 0 saturated heterocycles. The van der Waals surface area contributed by atoms with Gasteiger partial charge < -0.3 is 10.2 Å². The Balaban J connectivity index is 2.71. The number of aromatic hydroxyl groups is 2. The first-order chi connectivity index (χ1) is 8.65. The Morgan fingerprint density at radius 1 is 0.833 bits per heavy atom. The van der Waals surface area contributed by atoms with Gasteiger partial charge in [-0.2, -0.15) is 0 Å². The highest BCUT2D eigenvalue weighted by molar-refractivity contribution is 5.92. The van der Waals surface area contributed by atoms with E-state index in [0.29, 0.717) is 34.8 Å². The number of rotatable bonds is 3. The predicted molar refractivity (Wildman–Crippen MR) is 66.0 cm³/mol. The van der Waals surface area contributed by atoms with E-state index in [9.17, 15) is 19.8 Å². The molecule has 0 amide bonds. The molecule has 0 aliphatic rings. The molecule has 90 valence electrons. The van der Waals surface area contributed by atoms with Crippen LogP contribution in [0.5, 0.6) is 11.5 Å². The van der Waals surface area contributed by atoms with Crippen LogP contribution in [0.25, 0.3) is 11.1 Å². The largest absolute Gasteiger partial charge is 0.508 e. The van der Waals surface area contributed by atoms with Crippen LogP contribution in [0.1, 0.15) is 20.7 Å². The van der Waals surface area contributed by atoms with Crippen LogP contribution in [0.15, 0.2) is 36.4 Å². The van der Waals surface area contributed by atoms with E-state index in [1.165, 1.54) is 36.4 Å². The zero-order valence-corrected chi connectivity index (χ0v) is 9.33. The summed E-state index contributed by atoms with van der Waals surface area (Å²) in [7, 11) is 0. The van der Waals surface area contributed by atoms with Gasteiger partial charge in [-0.15, -0.1) is 0 Å². The molecule has 0 radical (unpaired) electrons. The summed E-state index contributed by atoms with van der Waals surface area (Å²) in [5.41, 5.74) is 1.43. The summed E-state index contributed by atoms with van der Waals surface area (Å²) in [6.45, 7) is 0. The standard InChI is InChI=1S/C14H10O4/c15-7-9-1-2-10(8-16)12(5-9)13-6-11(17)3-4-14(13)18/h1-8,17-18H. The summed E-state index contributed by atoms with van der Waals surface area (Å²) in [6, 6.07) is 8.50. The van der Waals surface area contributed by atoms with Crippen molar-refractivity contribution in [3.63, 3.8) is 0 Å². The van der Waals surface area contributed by atoms with Crippen molar-refractivity contribution in [2.24, 2.45) is 0 Å². The van der Waals surface area contributed by atoms with Gasteiger partial charge in [-0.25, -0.2) is 0 Å². The van der Waals surface area contributed by atoms with E-state index in [1.807, 2.05) is 0 Å². The third kappa shape index (κ3) is 2.08. The number of hydrogen-bond acceptors (Lipinski definition) is 4. The van der Waals surface area contributed by atoms with Gasteiger partial charge in [-0.1, -0.05) is 12.1 Å². The Kier molecular flexibility index (Phi) is 3.10. The predicted octanol–water partition coefficient (Wildman–Crippen LogP) is 2.39. The summed E-state index contributed by atoms with van der Waals surface area (Å²) in [5, 5.41) is 19.2. The van der Waals surface area contributed by atoms with Crippen LogP contribution in [-0.4, -0.2) is 22.8 Å². The smallest absolute Gasteiger partial charge is 0.150 e. The van der Waals surface area contributed by atoms with Crippen molar-refractivity contribution in [3.05, 3.63) is 47.5 Å². The van der Waals surface area contributed by atoms with E-state index in [2.05, 4.69) is 0 Å². The SMILES string of the molecule is O=Cc1ccc(C=O)c(-c2cc(O)ccc2O)c1. The van der Waals surface area contributed by atoms with Gasteiger partial charge in [0.05, 0.1) is 0 Å². The normalized spacial score (nSPS) is 10.0. The van der Waals surface area contributed by atoms with Gasteiger partial charge in [-0.3, -0.25) is 9.59 Å². The van der Waals surface area contributed by atoms with Crippen LogP contribution < -0.4 is 0 Å². The van der Waals surface area contributed by atoms with Crippen LogP contribution in [0.2, 0.25) is 0 Å². The Labute approximate surface area is 103 Å². The van der Waals surface area contributed by atoms with Crippen molar-refractivity contribution in [1.82, 2.24) is 0 Å². The van der Waals surface area contributed by atoms with Gasteiger partial charge in [-0.05, 0) is 29.8 Å². The van der Waals surface area contributed by atoms with E-state index in [0.717, 1.165) is 0 Å². The molecule has 0 unspecified atom stereocenters. The number of phenols is 2. The quantitative estimate of drug-likeness (QED) is 0.640. The van der Waals surface area contributed by atoms with E-state index in [-0.39, 0.29) is 11.5 Å². The first-order valence-corrected chi connectivity index (χ1v) is 5.22. The number of carbonyl (C=O) groups excluding carboxylic acids is 2. The van der Waals surface area contributed by atoms with Gasteiger partial charge in [0.2, 0.25) is 0 Å². The third-order valence-electron chi connectivity index (χ3n) is 2.61. The Bertz CT molecular complexity index is 617. The zero-order chi connectivity index (χ0) is 13.1. The molecule has 2 N–H and O–H groups in total. The summed E-state index contributed by atoms with van der Waals surface area (Å²) >= 11 is 0. The van der Waals surface area contributed by atoms with E-state index < -0.39 is 0 Å². The Morgan fingerprint density at radius 2 is 1.61 bits per heavy atom. The molecule has 0 aliphatic carbocycles. The fraction of sp³-hybridized carbons (Fsp3) is 0. The summed E-state index contributed by atoms with van der Waals surface area (Å²) < 4.78 is 0. The minimum atomic E-state index is -0.0704. The first-order valence-electron chi connectivity index (χ1n) is 5.22. The van der Waals surface area contributed by atoms with Crippen molar-refractivity contribution >= 4 is 12.6 Å². The molecule has 0 saturated carbocycles. The van der Waals surface area contributed by atoms with Gasteiger partial charge in [0, 0.05) is 16.7 Å². The van der Waals surface area contributed by atoms with Gasteiger partial charge in [0.1, 0.15) is 17.8 Å². The highest BCUT2D eigenvalue weighted by atomic mass is 16.3. The number of phenolic OH excluding ortho intramolecular Hbond substituents is 2. The maximum atomic E-state index is 11.0. The molecule has 2 rings (SSSR count). The minimum absolute atomic E-state index is 0.0313. The molecular formula is C14H10O4. The number of aldehydes is 2. The molecule has 0 bridgehead atoms. The molecule has 0 spiro atoms.